The number of benzene rings is 1. The van der Waals surface area contributed by atoms with Crippen molar-refractivity contribution in [1.82, 2.24) is 15.1 Å². The number of aliphatic carboxylic acids is 1. The molecule has 3 aromatic rings. The molecular formula is C19H18N4O3. The molecule has 1 atom stereocenters. The number of nitrogens with zero attached hydrogens (tertiary/aromatic N) is 4. The SMILES string of the molecule is O=C(O)C1CCCN(c2cc(-c3nc(-c4ccccc4)no3)ccn2)C1. The molecule has 1 aliphatic heterocycles. The summed E-state index contributed by atoms with van der Waals surface area (Å²) in [7, 11) is 0. The number of rotatable bonds is 4. The molecule has 1 aromatic carbocycles. The van der Waals surface area contributed by atoms with E-state index in [2.05, 4.69) is 15.1 Å². The highest BCUT2D eigenvalue weighted by Gasteiger charge is 2.26. The average molecular weight is 350 g/mol. The molecular weight excluding hydrogens is 332 g/mol. The van der Waals surface area contributed by atoms with E-state index in [4.69, 9.17) is 4.52 Å². The Hall–Kier alpha value is -3.22. The van der Waals surface area contributed by atoms with Crippen molar-refractivity contribution in [2.75, 3.05) is 18.0 Å². The molecule has 4 rings (SSSR count). The van der Waals surface area contributed by atoms with Crippen LogP contribution in [0.25, 0.3) is 22.8 Å². The first-order valence-corrected chi connectivity index (χ1v) is 8.54. The summed E-state index contributed by atoms with van der Waals surface area (Å²) in [6.45, 7) is 1.25. The van der Waals surface area contributed by atoms with Gasteiger partial charge in [-0.2, -0.15) is 4.98 Å². The first-order valence-electron chi connectivity index (χ1n) is 8.54. The van der Waals surface area contributed by atoms with E-state index in [0.29, 0.717) is 24.7 Å². The summed E-state index contributed by atoms with van der Waals surface area (Å²) in [5.74, 6) is 0.563. The molecule has 1 fully saturated rings. The van der Waals surface area contributed by atoms with Crippen LogP contribution >= 0.6 is 0 Å². The van der Waals surface area contributed by atoms with Gasteiger partial charge in [0, 0.05) is 30.4 Å². The molecule has 1 aliphatic rings. The second kappa shape index (κ2) is 6.95. The van der Waals surface area contributed by atoms with Crippen molar-refractivity contribution >= 4 is 11.8 Å². The maximum atomic E-state index is 11.3. The number of anilines is 1. The number of carboxylic acids is 1. The van der Waals surface area contributed by atoms with Gasteiger partial charge in [0.1, 0.15) is 5.82 Å². The molecule has 1 N–H and O–H groups in total. The molecule has 26 heavy (non-hydrogen) atoms. The van der Waals surface area contributed by atoms with E-state index < -0.39 is 5.97 Å². The van der Waals surface area contributed by atoms with Crippen LogP contribution < -0.4 is 4.90 Å². The quantitative estimate of drug-likeness (QED) is 0.773. The zero-order chi connectivity index (χ0) is 17.9. The summed E-state index contributed by atoms with van der Waals surface area (Å²) < 4.78 is 5.41. The van der Waals surface area contributed by atoms with E-state index in [-0.39, 0.29) is 5.92 Å². The molecule has 0 amide bonds. The maximum Gasteiger partial charge on any atom is 0.308 e. The summed E-state index contributed by atoms with van der Waals surface area (Å²) in [5, 5.41) is 13.3. The lowest BCUT2D eigenvalue weighted by atomic mass is 9.98. The third kappa shape index (κ3) is 3.28. The minimum Gasteiger partial charge on any atom is -0.481 e. The van der Waals surface area contributed by atoms with Gasteiger partial charge < -0.3 is 14.5 Å². The van der Waals surface area contributed by atoms with Gasteiger partial charge in [-0.25, -0.2) is 4.98 Å². The van der Waals surface area contributed by atoms with E-state index in [0.717, 1.165) is 29.9 Å². The van der Waals surface area contributed by atoms with Crippen LogP contribution in [0.3, 0.4) is 0 Å². The Morgan fingerprint density at radius 2 is 2.04 bits per heavy atom. The van der Waals surface area contributed by atoms with Crippen LogP contribution in [0.5, 0.6) is 0 Å². The largest absolute Gasteiger partial charge is 0.481 e. The van der Waals surface area contributed by atoms with Gasteiger partial charge in [0.2, 0.25) is 5.82 Å². The summed E-state index contributed by atoms with van der Waals surface area (Å²) in [4.78, 5) is 22.1. The molecule has 0 radical (unpaired) electrons. The molecule has 1 unspecified atom stereocenters. The molecule has 132 valence electrons. The maximum absolute atomic E-state index is 11.3. The van der Waals surface area contributed by atoms with Crippen LogP contribution in [0.2, 0.25) is 0 Å². The van der Waals surface area contributed by atoms with Crippen LogP contribution in [0.1, 0.15) is 12.8 Å². The molecule has 0 spiro atoms. The van der Waals surface area contributed by atoms with Crippen LogP contribution in [0.4, 0.5) is 5.82 Å². The van der Waals surface area contributed by atoms with Gasteiger partial charge >= 0.3 is 5.97 Å². The third-order valence-corrected chi connectivity index (χ3v) is 4.55. The number of carboxylic acid groups (broad SMARTS) is 1. The van der Waals surface area contributed by atoms with Gasteiger partial charge in [-0.15, -0.1) is 0 Å². The van der Waals surface area contributed by atoms with Crippen LogP contribution in [0, 0.1) is 5.92 Å². The molecule has 0 bridgehead atoms. The third-order valence-electron chi connectivity index (χ3n) is 4.55. The molecule has 1 saturated heterocycles. The number of aromatic nitrogens is 3. The minimum absolute atomic E-state index is 0.359. The highest BCUT2D eigenvalue weighted by molar-refractivity contribution is 5.71. The van der Waals surface area contributed by atoms with Crippen molar-refractivity contribution in [2.24, 2.45) is 5.92 Å². The fraction of sp³-hybridized carbons (Fsp3) is 0.263. The highest BCUT2D eigenvalue weighted by Crippen LogP contribution is 2.27. The first-order chi connectivity index (χ1) is 12.7. The monoisotopic (exact) mass is 350 g/mol. The summed E-state index contributed by atoms with van der Waals surface area (Å²) >= 11 is 0. The Labute approximate surface area is 150 Å². The van der Waals surface area contributed by atoms with Crippen molar-refractivity contribution in [3.8, 4) is 22.8 Å². The Morgan fingerprint density at radius 3 is 2.85 bits per heavy atom. The van der Waals surface area contributed by atoms with Crippen LogP contribution in [-0.2, 0) is 4.79 Å². The zero-order valence-corrected chi connectivity index (χ0v) is 14.1. The van der Waals surface area contributed by atoms with Gasteiger partial charge in [0.15, 0.2) is 0 Å². The van der Waals surface area contributed by atoms with Crippen molar-refractivity contribution in [3.63, 3.8) is 0 Å². The normalized spacial score (nSPS) is 17.2. The van der Waals surface area contributed by atoms with Crippen molar-refractivity contribution < 1.29 is 14.4 Å². The fourth-order valence-electron chi connectivity index (χ4n) is 3.16. The average Bonchev–Trinajstić information content (AvgIpc) is 3.19. The summed E-state index contributed by atoms with van der Waals surface area (Å²) in [6.07, 6.45) is 3.22. The second-order valence-corrected chi connectivity index (χ2v) is 6.32. The van der Waals surface area contributed by atoms with Gasteiger partial charge in [-0.1, -0.05) is 35.5 Å². The first kappa shape index (κ1) is 16.3. The minimum atomic E-state index is -0.754. The highest BCUT2D eigenvalue weighted by atomic mass is 16.5. The molecule has 7 heteroatoms. The van der Waals surface area contributed by atoms with Crippen LogP contribution in [-0.4, -0.2) is 39.3 Å². The van der Waals surface area contributed by atoms with Gasteiger partial charge in [-0.3, -0.25) is 4.79 Å². The Kier molecular flexibility index (Phi) is 4.35. The van der Waals surface area contributed by atoms with Gasteiger partial charge in [0.05, 0.1) is 5.92 Å². The van der Waals surface area contributed by atoms with Gasteiger partial charge in [-0.05, 0) is 25.0 Å². The van der Waals surface area contributed by atoms with E-state index in [1.54, 1.807) is 6.20 Å². The van der Waals surface area contributed by atoms with E-state index in [1.807, 2.05) is 47.4 Å². The Morgan fingerprint density at radius 1 is 1.19 bits per heavy atom. The predicted molar refractivity (Wildman–Crippen MR) is 95.5 cm³/mol. The van der Waals surface area contributed by atoms with Crippen LogP contribution in [0.15, 0.2) is 53.2 Å². The van der Waals surface area contributed by atoms with Gasteiger partial charge in [0.25, 0.3) is 5.89 Å². The number of pyridine rings is 1. The molecule has 0 saturated carbocycles. The van der Waals surface area contributed by atoms with Crippen molar-refractivity contribution in [3.05, 3.63) is 48.7 Å². The number of carbonyl (C=O) groups is 1. The smallest absolute Gasteiger partial charge is 0.308 e. The van der Waals surface area contributed by atoms with E-state index >= 15 is 0 Å². The van der Waals surface area contributed by atoms with E-state index in [1.165, 1.54) is 0 Å². The topological polar surface area (TPSA) is 92.3 Å². The fourth-order valence-corrected chi connectivity index (χ4v) is 3.16. The summed E-state index contributed by atoms with van der Waals surface area (Å²) in [5.41, 5.74) is 1.65. The predicted octanol–water partition coefficient (Wildman–Crippen LogP) is 3.10. The molecule has 0 aliphatic carbocycles. The number of hydrogen-bond acceptors (Lipinski definition) is 6. The lowest BCUT2D eigenvalue weighted by molar-refractivity contribution is -0.141. The number of hydrogen-bond donors (Lipinski definition) is 1. The van der Waals surface area contributed by atoms with E-state index in [9.17, 15) is 9.90 Å². The van der Waals surface area contributed by atoms with Crippen molar-refractivity contribution in [2.45, 2.75) is 12.8 Å². The second-order valence-electron chi connectivity index (χ2n) is 6.32. The zero-order valence-electron chi connectivity index (χ0n) is 14.1. The Bertz CT molecular complexity index is 910. The lowest BCUT2D eigenvalue weighted by Gasteiger charge is -2.31. The molecule has 2 aromatic heterocycles. The number of piperidine rings is 1. The summed E-state index contributed by atoms with van der Waals surface area (Å²) in [6, 6.07) is 13.3. The molecule has 3 heterocycles. The van der Waals surface area contributed by atoms with Crippen molar-refractivity contribution in [1.29, 1.82) is 0 Å². The lowest BCUT2D eigenvalue weighted by Crippen LogP contribution is -2.39. The molecule has 7 nitrogen and oxygen atoms in total. The Balaban J connectivity index is 1.58. The standard InChI is InChI=1S/C19H18N4O3/c24-19(25)15-7-4-10-23(12-15)16-11-14(8-9-20-16)18-21-17(22-26-18)13-5-2-1-3-6-13/h1-3,5-6,8-9,11,15H,4,7,10,12H2,(H,24,25).